The highest BCUT2D eigenvalue weighted by atomic mass is 79.9. The molecule has 0 fully saturated rings. The summed E-state index contributed by atoms with van der Waals surface area (Å²) in [7, 11) is 0. The number of hydrogen-bond donors (Lipinski definition) is 1. The van der Waals surface area contributed by atoms with Crippen LogP contribution in [-0.4, -0.2) is 5.11 Å². The van der Waals surface area contributed by atoms with Gasteiger partial charge in [0.1, 0.15) is 0 Å². The smallest absolute Gasteiger partial charge is 0.386 e. The highest BCUT2D eigenvalue weighted by Crippen LogP contribution is 2.36. The summed E-state index contributed by atoms with van der Waals surface area (Å²) >= 11 is 2.83. The first-order chi connectivity index (χ1) is 6.62. The normalized spacial score (nSPS) is 13.0. The quantitative estimate of drug-likeness (QED) is 0.833. The van der Waals surface area contributed by atoms with E-state index in [1.807, 2.05) is 0 Å². The van der Waals surface area contributed by atoms with Gasteiger partial charge in [-0.1, -0.05) is 22.0 Å². The van der Waals surface area contributed by atoms with Gasteiger partial charge in [-0.15, -0.1) is 0 Å². The van der Waals surface area contributed by atoms with Crippen molar-refractivity contribution < 1.29 is 18.3 Å². The summed E-state index contributed by atoms with van der Waals surface area (Å²) in [4.78, 5) is 0. The van der Waals surface area contributed by atoms with Gasteiger partial charge in [-0.05, 0) is 31.5 Å². The van der Waals surface area contributed by atoms with Crippen LogP contribution in [0.2, 0.25) is 0 Å². The van der Waals surface area contributed by atoms with Gasteiger partial charge in [-0.2, -0.15) is 13.2 Å². The molecule has 0 saturated heterocycles. The van der Waals surface area contributed by atoms with Crippen molar-refractivity contribution in [1.29, 1.82) is 0 Å². The second-order valence-electron chi connectivity index (χ2n) is 3.75. The molecule has 0 aliphatic heterocycles. The summed E-state index contributed by atoms with van der Waals surface area (Å²) in [5.74, 6) is 0. The average molecular weight is 283 g/mol. The van der Waals surface area contributed by atoms with Crippen molar-refractivity contribution in [2.24, 2.45) is 0 Å². The number of halogens is 4. The van der Waals surface area contributed by atoms with E-state index in [9.17, 15) is 18.3 Å². The van der Waals surface area contributed by atoms with Gasteiger partial charge in [0, 0.05) is 4.47 Å². The standard InChI is InChI=1S/C10H10BrF3O/c1-9(2,15)6-3-4-8(11)7(5-6)10(12,13)14/h3-5,15H,1-2H3. The zero-order valence-electron chi connectivity index (χ0n) is 8.19. The van der Waals surface area contributed by atoms with Crippen molar-refractivity contribution in [3.8, 4) is 0 Å². The highest BCUT2D eigenvalue weighted by Gasteiger charge is 2.34. The lowest BCUT2D eigenvalue weighted by Gasteiger charge is -2.20. The lowest BCUT2D eigenvalue weighted by Crippen LogP contribution is -2.17. The maximum absolute atomic E-state index is 12.5. The summed E-state index contributed by atoms with van der Waals surface area (Å²) in [6.07, 6.45) is -4.42. The molecular formula is C10H10BrF3O. The SMILES string of the molecule is CC(C)(O)c1ccc(Br)c(C(F)(F)F)c1. The lowest BCUT2D eigenvalue weighted by molar-refractivity contribution is -0.138. The zero-order chi connectivity index (χ0) is 11.9. The van der Waals surface area contributed by atoms with Crippen molar-refractivity contribution in [3.63, 3.8) is 0 Å². The van der Waals surface area contributed by atoms with Crippen LogP contribution < -0.4 is 0 Å². The monoisotopic (exact) mass is 282 g/mol. The molecule has 0 aliphatic carbocycles. The summed E-state index contributed by atoms with van der Waals surface area (Å²) in [5.41, 5.74) is -1.82. The number of benzene rings is 1. The molecule has 5 heteroatoms. The predicted octanol–water partition coefficient (Wildman–Crippen LogP) is 3.70. The van der Waals surface area contributed by atoms with E-state index >= 15 is 0 Å². The number of rotatable bonds is 1. The van der Waals surface area contributed by atoms with Crippen LogP contribution in [0.4, 0.5) is 13.2 Å². The van der Waals surface area contributed by atoms with Crippen LogP contribution in [0.25, 0.3) is 0 Å². The fraction of sp³-hybridized carbons (Fsp3) is 0.400. The molecule has 0 aliphatic rings. The number of hydrogen-bond acceptors (Lipinski definition) is 1. The molecule has 15 heavy (non-hydrogen) atoms. The minimum Gasteiger partial charge on any atom is -0.386 e. The van der Waals surface area contributed by atoms with Gasteiger partial charge >= 0.3 is 6.18 Å². The Hall–Kier alpha value is -0.550. The van der Waals surface area contributed by atoms with Gasteiger partial charge in [0.2, 0.25) is 0 Å². The average Bonchev–Trinajstić information content (AvgIpc) is 2.00. The van der Waals surface area contributed by atoms with E-state index in [0.29, 0.717) is 0 Å². The van der Waals surface area contributed by atoms with E-state index in [2.05, 4.69) is 15.9 Å². The van der Waals surface area contributed by atoms with Gasteiger partial charge in [-0.3, -0.25) is 0 Å². The second-order valence-corrected chi connectivity index (χ2v) is 4.61. The zero-order valence-corrected chi connectivity index (χ0v) is 9.78. The van der Waals surface area contributed by atoms with Crippen LogP contribution in [0.3, 0.4) is 0 Å². The maximum atomic E-state index is 12.5. The molecule has 1 nitrogen and oxygen atoms in total. The summed E-state index contributed by atoms with van der Waals surface area (Å²) in [6, 6.07) is 3.69. The van der Waals surface area contributed by atoms with Crippen LogP contribution in [0.5, 0.6) is 0 Å². The molecule has 84 valence electrons. The van der Waals surface area contributed by atoms with Gasteiger partial charge in [-0.25, -0.2) is 0 Å². The molecule has 0 heterocycles. The second kappa shape index (κ2) is 3.79. The molecule has 0 bridgehead atoms. The van der Waals surface area contributed by atoms with Crippen LogP contribution in [-0.2, 0) is 11.8 Å². The Morgan fingerprint density at radius 1 is 1.20 bits per heavy atom. The third-order valence-electron chi connectivity index (χ3n) is 1.98. The van der Waals surface area contributed by atoms with E-state index in [0.717, 1.165) is 6.07 Å². The molecule has 1 rings (SSSR count). The van der Waals surface area contributed by atoms with Crippen molar-refractivity contribution in [2.75, 3.05) is 0 Å². The molecule has 0 unspecified atom stereocenters. The van der Waals surface area contributed by atoms with Gasteiger partial charge in [0.15, 0.2) is 0 Å². The highest BCUT2D eigenvalue weighted by molar-refractivity contribution is 9.10. The summed E-state index contributed by atoms with van der Waals surface area (Å²) in [6.45, 7) is 2.88. The third kappa shape index (κ3) is 2.95. The first-order valence-electron chi connectivity index (χ1n) is 4.22. The van der Waals surface area contributed by atoms with Crippen molar-refractivity contribution >= 4 is 15.9 Å². The lowest BCUT2D eigenvalue weighted by atomic mass is 9.96. The summed E-state index contributed by atoms with van der Waals surface area (Å²) < 4.78 is 37.5. The van der Waals surface area contributed by atoms with E-state index in [1.54, 1.807) is 0 Å². The minimum absolute atomic E-state index is 0.0250. The van der Waals surface area contributed by atoms with Crippen molar-refractivity contribution in [3.05, 3.63) is 33.8 Å². The number of aliphatic hydroxyl groups is 1. The largest absolute Gasteiger partial charge is 0.417 e. The molecule has 0 aromatic heterocycles. The van der Waals surface area contributed by atoms with Gasteiger partial charge in [0.25, 0.3) is 0 Å². The molecule has 0 atom stereocenters. The predicted molar refractivity (Wildman–Crippen MR) is 54.4 cm³/mol. The Labute approximate surface area is 94.0 Å². The van der Waals surface area contributed by atoms with E-state index in [-0.39, 0.29) is 10.0 Å². The van der Waals surface area contributed by atoms with Gasteiger partial charge < -0.3 is 5.11 Å². The molecule has 0 amide bonds. The Bertz CT molecular complexity index is 366. The molecule has 0 spiro atoms. The minimum atomic E-state index is -4.42. The Morgan fingerprint density at radius 3 is 2.13 bits per heavy atom. The van der Waals surface area contributed by atoms with Crippen LogP contribution in [0, 0.1) is 0 Å². The molecule has 1 aromatic carbocycles. The molecular weight excluding hydrogens is 273 g/mol. The Morgan fingerprint density at radius 2 is 1.73 bits per heavy atom. The maximum Gasteiger partial charge on any atom is 0.417 e. The Balaban J connectivity index is 3.30. The summed E-state index contributed by atoms with van der Waals surface area (Å²) in [5, 5.41) is 9.59. The van der Waals surface area contributed by atoms with Gasteiger partial charge in [0.05, 0.1) is 11.2 Å². The fourth-order valence-electron chi connectivity index (χ4n) is 1.12. The van der Waals surface area contributed by atoms with Crippen LogP contribution in [0.15, 0.2) is 22.7 Å². The van der Waals surface area contributed by atoms with E-state index in [4.69, 9.17) is 0 Å². The van der Waals surface area contributed by atoms with E-state index in [1.165, 1.54) is 26.0 Å². The first-order valence-corrected chi connectivity index (χ1v) is 5.01. The molecule has 1 N–H and O–H groups in total. The first kappa shape index (κ1) is 12.5. The topological polar surface area (TPSA) is 20.2 Å². The third-order valence-corrected chi connectivity index (χ3v) is 2.67. The van der Waals surface area contributed by atoms with Crippen LogP contribution in [0.1, 0.15) is 25.0 Å². The van der Waals surface area contributed by atoms with Crippen LogP contribution >= 0.6 is 15.9 Å². The molecule has 0 saturated carbocycles. The molecule has 1 aromatic rings. The fourth-order valence-corrected chi connectivity index (χ4v) is 1.59. The van der Waals surface area contributed by atoms with Crippen molar-refractivity contribution in [2.45, 2.75) is 25.6 Å². The molecule has 0 radical (unpaired) electrons. The Kier molecular flexibility index (Phi) is 3.16. The van der Waals surface area contributed by atoms with Crippen molar-refractivity contribution in [1.82, 2.24) is 0 Å². The number of alkyl halides is 3. The van der Waals surface area contributed by atoms with E-state index < -0.39 is 17.3 Å².